The van der Waals surface area contributed by atoms with Gasteiger partial charge in [0.15, 0.2) is 4.31 Å². The number of rotatable bonds is 2. The summed E-state index contributed by atoms with van der Waals surface area (Å²) in [5, 5.41) is 0. The van der Waals surface area contributed by atoms with E-state index in [-0.39, 0.29) is 0 Å². The summed E-state index contributed by atoms with van der Waals surface area (Å²) in [5.74, 6) is 0. The van der Waals surface area contributed by atoms with E-state index >= 15 is 0 Å². The molecule has 4 N–H and O–H groups in total. The minimum atomic E-state index is -2.92. The Morgan fingerprint density at radius 1 is 1.33 bits per heavy atom. The van der Waals surface area contributed by atoms with E-state index in [1.54, 1.807) is 0 Å². The molecule has 0 aromatic heterocycles. The maximum Gasteiger partial charge on any atom is 0.745 e. The van der Waals surface area contributed by atoms with Crippen LogP contribution < -0.4 is 10.9 Å². The van der Waals surface area contributed by atoms with Crippen LogP contribution in [0.4, 0.5) is 0 Å². The molecular weight excluding hydrogens is 206 g/mol. The Morgan fingerprint density at radius 2 is 1.92 bits per heavy atom. The fourth-order valence-electron chi connectivity index (χ4n) is 0.354. The van der Waals surface area contributed by atoms with Crippen molar-refractivity contribution in [3.63, 3.8) is 0 Å². The smallest absolute Gasteiger partial charge is 0.329 e. The lowest BCUT2D eigenvalue weighted by Crippen LogP contribution is -2.19. The molecule has 0 amide bonds. The predicted molar refractivity (Wildman–Crippen MR) is 41.0 cm³/mol. The first-order valence-electron chi connectivity index (χ1n) is 2.76. The molecule has 0 saturated carbocycles. The molecule has 1 rings (SSSR count). The van der Waals surface area contributed by atoms with E-state index < -0.39 is 16.5 Å². The Morgan fingerprint density at radius 3 is 2.00 bits per heavy atom. The molecule has 1 aliphatic rings. The molecule has 0 aromatic rings. The second-order valence-corrected chi connectivity index (χ2v) is 3.09. The molecule has 0 spiro atoms. The summed E-state index contributed by atoms with van der Waals surface area (Å²) in [6.45, 7) is 0.958. The molecule has 12 heavy (non-hydrogen) atoms. The maximum absolute atomic E-state index is 9.39. The van der Waals surface area contributed by atoms with Crippen molar-refractivity contribution in [2.75, 3.05) is 6.54 Å². The van der Waals surface area contributed by atoms with Gasteiger partial charge >= 0.3 is 16.5 Å². The second-order valence-electron chi connectivity index (χ2n) is 1.48. The first-order valence-corrected chi connectivity index (χ1v) is 5.02. The van der Waals surface area contributed by atoms with Crippen LogP contribution in [0.25, 0.3) is 0 Å². The molecule has 1 heterocycles. The molecule has 0 saturated heterocycles. The minimum Gasteiger partial charge on any atom is -0.329 e. The molecular formula is C3H8N2O5P2+2. The fraction of sp³-hybridized carbons (Fsp3) is 0.333. The van der Waals surface area contributed by atoms with Crippen LogP contribution in [-0.2, 0) is 13.4 Å². The van der Waals surface area contributed by atoms with E-state index in [4.69, 9.17) is 9.79 Å². The lowest BCUT2D eigenvalue weighted by molar-refractivity contribution is 0.371. The van der Waals surface area contributed by atoms with E-state index in [2.05, 4.69) is 15.2 Å². The highest BCUT2D eigenvalue weighted by Crippen LogP contribution is 2.30. The largest absolute Gasteiger partial charge is 0.745 e. The molecule has 0 bridgehead atoms. The maximum atomic E-state index is 9.39. The Hall–Kier alpha value is -0.420. The van der Waals surface area contributed by atoms with E-state index in [0.717, 1.165) is 6.54 Å². The highest BCUT2D eigenvalue weighted by molar-refractivity contribution is 7.46. The number of hydrogen-bond donors (Lipinski definition) is 4. The van der Waals surface area contributed by atoms with Gasteiger partial charge in [-0.05, 0) is 0 Å². The predicted octanol–water partition coefficient (Wildman–Crippen LogP) is -0.0897. The van der Waals surface area contributed by atoms with Gasteiger partial charge in [-0.3, -0.25) is 0 Å². The minimum absolute atomic E-state index is 0.958. The topological polar surface area (TPSA) is 108 Å². The third-order valence-electron chi connectivity index (χ3n) is 0.663. The first-order chi connectivity index (χ1) is 5.63. The van der Waals surface area contributed by atoms with E-state index in [9.17, 15) is 9.13 Å². The van der Waals surface area contributed by atoms with Gasteiger partial charge in [-0.25, -0.2) is 5.43 Å². The van der Waals surface area contributed by atoms with Crippen LogP contribution in [0.5, 0.6) is 0 Å². The summed E-state index contributed by atoms with van der Waals surface area (Å²) in [7, 11) is -5.85. The molecule has 1 aliphatic heterocycles. The highest BCUT2D eigenvalue weighted by Gasteiger charge is 2.31. The van der Waals surface area contributed by atoms with Crippen molar-refractivity contribution in [2.45, 2.75) is 0 Å². The van der Waals surface area contributed by atoms with Gasteiger partial charge in [-0.2, -0.15) is 0 Å². The summed E-state index contributed by atoms with van der Waals surface area (Å²) in [6, 6.07) is 0. The van der Waals surface area contributed by atoms with Crippen LogP contribution in [0, 0.1) is 0 Å². The molecule has 2 unspecified atom stereocenters. The Balaban J connectivity index is 0.000000211. The van der Waals surface area contributed by atoms with Crippen LogP contribution in [0.1, 0.15) is 0 Å². The summed E-state index contributed by atoms with van der Waals surface area (Å²) in [5.41, 5.74) is 5.65. The SMILES string of the molecule is C1=CNNC1.O=[P+](O)O[P+](=O)O. The number of hydrogen-bond acceptors (Lipinski definition) is 5. The van der Waals surface area contributed by atoms with Gasteiger partial charge in [0.2, 0.25) is 0 Å². The molecule has 9 heteroatoms. The molecule has 68 valence electrons. The van der Waals surface area contributed by atoms with Crippen LogP contribution >= 0.6 is 16.5 Å². The van der Waals surface area contributed by atoms with Crippen LogP contribution in [-0.4, -0.2) is 16.3 Å². The molecule has 0 fully saturated rings. The summed E-state index contributed by atoms with van der Waals surface area (Å²) < 4.78 is 22.2. The molecule has 2 atom stereocenters. The van der Waals surface area contributed by atoms with Gasteiger partial charge in [-0.1, -0.05) is 6.08 Å². The van der Waals surface area contributed by atoms with Crippen LogP contribution in [0.2, 0.25) is 0 Å². The zero-order valence-electron chi connectivity index (χ0n) is 5.88. The lowest BCUT2D eigenvalue weighted by Gasteiger charge is -1.83. The van der Waals surface area contributed by atoms with Gasteiger partial charge in [0.05, 0.1) is 0 Å². The first kappa shape index (κ1) is 11.6. The monoisotopic (exact) mass is 214 g/mol. The molecule has 0 radical (unpaired) electrons. The van der Waals surface area contributed by atoms with Crippen molar-refractivity contribution in [1.82, 2.24) is 10.9 Å². The third-order valence-corrected chi connectivity index (χ3v) is 1.78. The van der Waals surface area contributed by atoms with Gasteiger partial charge in [-0.15, -0.1) is 9.79 Å². The van der Waals surface area contributed by atoms with E-state index in [1.807, 2.05) is 12.3 Å². The van der Waals surface area contributed by atoms with E-state index in [0.29, 0.717) is 0 Å². The van der Waals surface area contributed by atoms with Gasteiger partial charge < -0.3 is 5.43 Å². The normalized spacial score (nSPS) is 15.8. The van der Waals surface area contributed by atoms with Gasteiger partial charge in [0, 0.05) is 21.9 Å². The average Bonchev–Trinajstić information content (AvgIpc) is 2.36. The molecule has 0 aliphatic carbocycles. The Bertz CT molecular complexity index is 177. The van der Waals surface area contributed by atoms with Crippen LogP contribution in [0.15, 0.2) is 12.3 Å². The van der Waals surface area contributed by atoms with Gasteiger partial charge in [0.25, 0.3) is 0 Å². The average molecular weight is 214 g/mol. The quantitative estimate of drug-likeness (QED) is 0.475. The van der Waals surface area contributed by atoms with E-state index in [1.165, 1.54) is 0 Å². The van der Waals surface area contributed by atoms with Crippen LogP contribution in [0.3, 0.4) is 0 Å². The summed E-state index contributed by atoms with van der Waals surface area (Å²) in [6.07, 6.45) is 3.89. The summed E-state index contributed by atoms with van der Waals surface area (Å²) >= 11 is 0. The zero-order valence-corrected chi connectivity index (χ0v) is 7.66. The van der Waals surface area contributed by atoms with Crippen molar-refractivity contribution < 1.29 is 23.2 Å². The van der Waals surface area contributed by atoms with Crippen molar-refractivity contribution in [2.24, 2.45) is 0 Å². The highest BCUT2D eigenvalue weighted by atomic mass is 31.2. The van der Waals surface area contributed by atoms with Crippen molar-refractivity contribution in [3.8, 4) is 0 Å². The second kappa shape index (κ2) is 7.24. The molecule has 0 aromatic carbocycles. The van der Waals surface area contributed by atoms with Crippen molar-refractivity contribution in [3.05, 3.63) is 12.3 Å². The van der Waals surface area contributed by atoms with Crippen molar-refractivity contribution >= 4 is 16.5 Å². The van der Waals surface area contributed by atoms with Gasteiger partial charge in [0.1, 0.15) is 0 Å². The fourth-order valence-corrected chi connectivity index (χ4v) is 0.832. The molecule has 7 nitrogen and oxygen atoms in total. The number of hydrazine groups is 1. The third kappa shape index (κ3) is 9.58. The standard InChI is InChI=1S/C3H6N2.O5P2/c1-2-4-5-3-1;1-6(2)5-7(3)4/h1-2,4-5H,3H2;/p+2. The Kier molecular flexibility index (Phi) is 6.99. The zero-order chi connectivity index (χ0) is 9.40. The summed E-state index contributed by atoms with van der Waals surface area (Å²) in [4.78, 5) is 15.3. The number of nitrogens with one attached hydrogen (secondary N) is 2. The Labute approximate surface area is 70.3 Å². The van der Waals surface area contributed by atoms with Crippen molar-refractivity contribution in [1.29, 1.82) is 0 Å². The lowest BCUT2D eigenvalue weighted by atomic mass is 10.7.